The monoisotopic (exact) mass is 295 g/mol. The Labute approximate surface area is 114 Å². The third kappa shape index (κ3) is 5.87. The van der Waals surface area contributed by atoms with E-state index in [-0.39, 0.29) is 5.75 Å². The molecule has 0 bridgehead atoms. The average Bonchev–Trinajstić information content (AvgIpc) is 2.39. The molecule has 10 heteroatoms. The SMILES string of the molecule is NC(CO)C(=O)NC(CO)C(=O)NC(CS)C(=O)O. The molecule has 0 saturated heterocycles. The normalized spacial score (nSPS) is 15.2. The summed E-state index contributed by atoms with van der Waals surface area (Å²) in [5, 5.41) is 30.5. The standard InChI is InChI=1S/C9H17N3O6S/c10-4(1-13)7(15)11-5(2-14)8(16)12-6(3-19)9(17)18/h4-6,13-14,19H,1-3,10H2,(H,11,15)(H,12,16)(H,17,18). The van der Waals surface area contributed by atoms with Crippen molar-refractivity contribution in [1.82, 2.24) is 10.6 Å². The van der Waals surface area contributed by atoms with E-state index in [1.165, 1.54) is 0 Å². The number of nitrogens with two attached hydrogens (primary N) is 1. The molecule has 9 nitrogen and oxygen atoms in total. The van der Waals surface area contributed by atoms with Crippen molar-refractivity contribution in [2.24, 2.45) is 5.73 Å². The number of nitrogens with one attached hydrogen (secondary N) is 2. The lowest BCUT2D eigenvalue weighted by Crippen LogP contribution is -2.56. The van der Waals surface area contributed by atoms with Crippen LogP contribution in [0.1, 0.15) is 0 Å². The third-order valence-electron chi connectivity index (χ3n) is 2.15. The van der Waals surface area contributed by atoms with Crippen LogP contribution in [0.4, 0.5) is 0 Å². The number of hydrogen-bond donors (Lipinski definition) is 7. The number of thiol groups is 1. The predicted octanol–water partition coefficient (Wildman–Crippen LogP) is -3.72. The lowest BCUT2D eigenvalue weighted by molar-refractivity contribution is -0.141. The summed E-state index contributed by atoms with van der Waals surface area (Å²) in [5.41, 5.74) is 5.21. The van der Waals surface area contributed by atoms with Gasteiger partial charge in [0, 0.05) is 5.75 Å². The predicted molar refractivity (Wildman–Crippen MR) is 67.5 cm³/mol. The fraction of sp³-hybridized carbons (Fsp3) is 0.667. The first-order valence-corrected chi connectivity index (χ1v) is 5.92. The Balaban J connectivity index is 4.56. The molecule has 0 aliphatic heterocycles. The molecule has 3 atom stereocenters. The van der Waals surface area contributed by atoms with Crippen LogP contribution in [0.15, 0.2) is 0 Å². The maximum Gasteiger partial charge on any atom is 0.327 e. The van der Waals surface area contributed by atoms with E-state index in [1.807, 2.05) is 0 Å². The second-order valence-electron chi connectivity index (χ2n) is 3.61. The van der Waals surface area contributed by atoms with E-state index in [9.17, 15) is 14.4 Å². The maximum absolute atomic E-state index is 11.6. The van der Waals surface area contributed by atoms with Gasteiger partial charge in [-0.15, -0.1) is 0 Å². The van der Waals surface area contributed by atoms with Gasteiger partial charge >= 0.3 is 5.97 Å². The molecular formula is C9H17N3O6S. The minimum absolute atomic E-state index is 0.149. The van der Waals surface area contributed by atoms with Gasteiger partial charge in [-0.3, -0.25) is 9.59 Å². The number of carbonyl (C=O) groups is 3. The largest absolute Gasteiger partial charge is 0.480 e. The van der Waals surface area contributed by atoms with Gasteiger partial charge < -0.3 is 31.7 Å². The molecule has 19 heavy (non-hydrogen) atoms. The van der Waals surface area contributed by atoms with Gasteiger partial charge in [-0.2, -0.15) is 12.6 Å². The van der Waals surface area contributed by atoms with Crippen molar-refractivity contribution in [1.29, 1.82) is 0 Å². The summed E-state index contributed by atoms with van der Waals surface area (Å²) < 4.78 is 0. The number of aliphatic hydroxyl groups excluding tert-OH is 2. The fourth-order valence-corrected chi connectivity index (χ4v) is 1.26. The van der Waals surface area contributed by atoms with Crippen molar-refractivity contribution < 1.29 is 29.7 Å². The Kier molecular flexibility index (Phi) is 8.07. The number of aliphatic carboxylic acids is 1. The highest BCUT2D eigenvalue weighted by atomic mass is 32.1. The second-order valence-corrected chi connectivity index (χ2v) is 3.98. The van der Waals surface area contributed by atoms with E-state index >= 15 is 0 Å². The molecule has 0 aromatic rings. The number of aliphatic hydroxyl groups is 2. The van der Waals surface area contributed by atoms with Crippen molar-refractivity contribution in [3.05, 3.63) is 0 Å². The van der Waals surface area contributed by atoms with E-state index in [0.29, 0.717) is 0 Å². The summed E-state index contributed by atoms with van der Waals surface area (Å²) >= 11 is 3.75. The van der Waals surface area contributed by atoms with Crippen molar-refractivity contribution in [3.8, 4) is 0 Å². The van der Waals surface area contributed by atoms with Crippen LogP contribution in [-0.4, -0.2) is 70.2 Å². The zero-order chi connectivity index (χ0) is 15.0. The van der Waals surface area contributed by atoms with Gasteiger partial charge in [-0.25, -0.2) is 4.79 Å². The number of carbonyl (C=O) groups excluding carboxylic acids is 2. The summed E-state index contributed by atoms with van der Waals surface area (Å²) in [4.78, 5) is 33.6. The van der Waals surface area contributed by atoms with Crippen LogP contribution in [0.25, 0.3) is 0 Å². The van der Waals surface area contributed by atoms with Gasteiger partial charge in [0.1, 0.15) is 18.1 Å². The van der Waals surface area contributed by atoms with Crippen molar-refractivity contribution in [2.75, 3.05) is 19.0 Å². The van der Waals surface area contributed by atoms with Crippen LogP contribution in [-0.2, 0) is 14.4 Å². The van der Waals surface area contributed by atoms with E-state index in [0.717, 1.165) is 0 Å². The van der Waals surface area contributed by atoms with Gasteiger partial charge in [0.05, 0.1) is 13.2 Å². The lowest BCUT2D eigenvalue weighted by Gasteiger charge is -2.20. The molecule has 0 saturated carbocycles. The number of carboxylic acids is 1. The molecule has 3 unspecified atom stereocenters. The van der Waals surface area contributed by atoms with E-state index in [2.05, 4.69) is 23.3 Å². The highest BCUT2D eigenvalue weighted by molar-refractivity contribution is 7.80. The van der Waals surface area contributed by atoms with E-state index in [1.54, 1.807) is 0 Å². The minimum Gasteiger partial charge on any atom is -0.480 e. The van der Waals surface area contributed by atoms with Crippen molar-refractivity contribution in [2.45, 2.75) is 18.1 Å². The highest BCUT2D eigenvalue weighted by Gasteiger charge is 2.26. The summed E-state index contributed by atoms with van der Waals surface area (Å²) in [6.45, 7) is -1.37. The fourth-order valence-electron chi connectivity index (χ4n) is 1.01. The molecule has 0 aliphatic rings. The first kappa shape index (κ1) is 17.6. The van der Waals surface area contributed by atoms with Crippen LogP contribution in [0.2, 0.25) is 0 Å². The molecule has 110 valence electrons. The number of hydrogen-bond acceptors (Lipinski definition) is 7. The van der Waals surface area contributed by atoms with Crippen LogP contribution >= 0.6 is 12.6 Å². The van der Waals surface area contributed by atoms with Crippen LogP contribution in [0.5, 0.6) is 0 Å². The smallest absolute Gasteiger partial charge is 0.327 e. The van der Waals surface area contributed by atoms with E-state index < -0.39 is 49.1 Å². The molecule has 0 radical (unpaired) electrons. The third-order valence-corrected chi connectivity index (χ3v) is 2.51. The first-order chi connectivity index (χ1) is 8.87. The summed E-state index contributed by atoms with van der Waals surface area (Å²) in [6, 6.07) is -3.83. The number of rotatable bonds is 8. The Morgan fingerprint density at radius 2 is 1.58 bits per heavy atom. The molecule has 0 heterocycles. The number of amides is 2. The minimum atomic E-state index is -1.35. The molecule has 0 aromatic heterocycles. The van der Waals surface area contributed by atoms with Gasteiger partial charge in [0.15, 0.2) is 0 Å². The van der Waals surface area contributed by atoms with Crippen LogP contribution in [0.3, 0.4) is 0 Å². The number of carboxylic acid groups (broad SMARTS) is 1. The summed E-state index contributed by atoms with van der Waals surface area (Å²) in [6.07, 6.45) is 0. The zero-order valence-electron chi connectivity index (χ0n) is 9.94. The molecule has 7 N–H and O–H groups in total. The van der Waals surface area contributed by atoms with Gasteiger partial charge in [-0.05, 0) is 0 Å². The van der Waals surface area contributed by atoms with Crippen LogP contribution < -0.4 is 16.4 Å². The van der Waals surface area contributed by atoms with Crippen LogP contribution in [0, 0.1) is 0 Å². The Morgan fingerprint density at radius 1 is 1.05 bits per heavy atom. The van der Waals surface area contributed by atoms with Crippen molar-refractivity contribution in [3.63, 3.8) is 0 Å². The highest BCUT2D eigenvalue weighted by Crippen LogP contribution is 1.92. The molecule has 0 aliphatic carbocycles. The molecular weight excluding hydrogens is 278 g/mol. The average molecular weight is 295 g/mol. The topological polar surface area (TPSA) is 162 Å². The van der Waals surface area contributed by atoms with Gasteiger partial charge in [0.25, 0.3) is 0 Å². The molecule has 2 amide bonds. The second kappa shape index (κ2) is 8.69. The van der Waals surface area contributed by atoms with Gasteiger partial charge in [0.2, 0.25) is 11.8 Å². The molecule has 0 rings (SSSR count). The lowest BCUT2D eigenvalue weighted by atomic mass is 10.2. The molecule has 0 fully saturated rings. The maximum atomic E-state index is 11.6. The first-order valence-electron chi connectivity index (χ1n) is 5.29. The van der Waals surface area contributed by atoms with E-state index in [4.69, 9.17) is 21.1 Å². The van der Waals surface area contributed by atoms with Gasteiger partial charge in [-0.1, -0.05) is 0 Å². The zero-order valence-corrected chi connectivity index (χ0v) is 10.8. The Morgan fingerprint density at radius 3 is 1.95 bits per heavy atom. The Bertz CT molecular complexity index is 340. The Hall–Kier alpha value is -1.36. The quantitative estimate of drug-likeness (QED) is 0.226. The summed E-state index contributed by atoms with van der Waals surface area (Å²) in [5.74, 6) is -3.17. The van der Waals surface area contributed by atoms with Crippen molar-refractivity contribution >= 4 is 30.4 Å². The summed E-state index contributed by atoms with van der Waals surface area (Å²) in [7, 11) is 0. The molecule has 0 spiro atoms. The molecule has 0 aromatic carbocycles.